The smallest absolute Gasteiger partial charge is 0.306 e. The Labute approximate surface area is 374 Å². The van der Waals surface area contributed by atoms with Crippen molar-refractivity contribution in [3.8, 4) is 0 Å². The lowest BCUT2D eigenvalue weighted by atomic mass is 10.00. The van der Waals surface area contributed by atoms with Crippen LogP contribution in [0.5, 0.6) is 0 Å². The van der Waals surface area contributed by atoms with Gasteiger partial charge in [0, 0.05) is 19.3 Å². The molecule has 0 aromatic carbocycles. The van der Waals surface area contributed by atoms with E-state index in [-0.39, 0.29) is 31.1 Å². The van der Waals surface area contributed by atoms with Crippen molar-refractivity contribution in [1.29, 1.82) is 0 Å². The quantitative estimate of drug-likeness (QED) is 0.0345. The van der Waals surface area contributed by atoms with Crippen molar-refractivity contribution < 1.29 is 28.6 Å². The summed E-state index contributed by atoms with van der Waals surface area (Å²) in [5, 5.41) is 0. The van der Waals surface area contributed by atoms with Gasteiger partial charge in [-0.25, -0.2) is 0 Å². The van der Waals surface area contributed by atoms with Crippen molar-refractivity contribution in [1.82, 2.24) is 0 Å². The highest BCUT2D eigenvalue weighted by Crippen LogP contribution is 2.18. The van der Waals surface area contributed by atoms with Crippen LogP contribution in [0, 0.1) is 11.8 Å². The van der Waals surface area contributed by atoms with E-state index < -0.39 is 6.10 Å². The zero-order valence-corrected chi connectivity index (χ0v) is 41.1. The van der Waals surface area contributed by atoms with Crippen LogP contribution in [0.25, 0.3) is 0 Å². The van der Waals surface area contributed by atoms with Gasteiger partial charge in [-0.3, -0.25) is 14.4 Å². The summed E-state index contributed by atoms with van der Waals surface area (Å²) in [6, 6.07) is 0. The van der Waals surface area contributed by atoms with Crippen molar-refractivity contribution >= 4 is 17.9 Å². The molecule has 0 aromatic rings. The lowest BCUT2D eigenvalue weighted by molar-refractivity contribution is -0.167. The van der Waals surface area contributed by atoms with Gasteiger partial charge in [0.2, 0.25) is 0 Å². The monoisotopic (exact) mass is 849 g/mol. The number of esters is 3. The van der Waals surface area contributed by atoms with Crippen LogP contribution in [-0.2, 0) is 28.6 Å². The standard InChI is InChI=1S/C54H104O6/c1-6-8-9-10-11-12-13-14-15-16-17-18-22-25-28-34-39-44-52(55)58-47-51(60-54(57)46-41-36-31-30-33-38-43-50(5)7-2)48-59-53(56)45-40-35-29-26-23-20-19-21-24-27-32-37-42-49(3)4/h49-51H,6-48H2,1-5H3/t50?,51-/m1/s1. The molecule has 0 heterocycles. The molecule has 0 aliphatic heterocycles. The topological polar surface area (TPSA) is 78.9 Å². The maximum Gasteiger partial charge on any atom is 0.306 e. The number of hydrogen-bond donors (Lipinski definition) is 0. The van der Waals surface area contributed by atoms with Crippen LogP contribution >= 0.6 is 0 Å². The van der Waals surface area contributed by atoms with E-state index in [4.69, 9.17) is 14.2 Å². The van der Waals surface area contributed by atoms with Gasteiger partial charge in [-0.15, -0.1) is 0 Å². The van der Waals surface area contributed by atoms with Gasteiger partial charge in [0.05, 0.1) is 0 Å². The largest absolute Gasteiger partial charge is 0.462 e. The Morgan fingerprint density at radius 3 is 0.950 bits per heavy atom. The first-order chi connectivity index (χ1) is 29.3. The Balaban J connectivity index is 4.26. The lowest BCUT2D eigenvalue weighted by Gasteiger charge is -2.18. The molecule has 6 heteroatoms. The molecule has 0 saturated carbocycles. The van der Waals surface area contributed by atoms with Crippen LogP contribution in [-0.4, -0.2) is 37.2 Å². The molecule has 0 radical (unpaired) electrons. The fourth-order valence-electron chi connectivity index (χ4n) is 8.13. The maximum atomic E-state index is 12.8. The number of hydrogen-bond acceptors (Lipinski definition) is 6. The maximum absolute atomic E-state index is 12.8. The van der Waals surface area contributed by atoms with E-state index in [0.29, 0.717) is 19.3 Å². The second-order valence-corrected chi connectivity index (χ2v) is 19.2. The van der Waals surface area contributed by atoms with E-state index in [1.165, 1.54) is 186 Å². The Morgan fingerprint density at radius 2 is 0.633 bits per heavy atom. The molecule has 2 atom stereocenters. The highest BCUT2D eigenvalue weighted by molar-refractivity contribution is 5.71. The summed E-state index contributed by atoms with van der Waals surface area (Å²) in [7, 11) is 0. The molecule has 356 valence electrons. The normalized spacial score (nSPS) is 12.5. The zero-order chi connectivity index (χ0) is 44.0. The van der Waals surface area contributed by atoms with Gasteiger partial charge in [0.25, 0.3) is 0 Å². The molecule has 0 aliphatic carbocycles. The Bertz CT molecular complexity index is 918. The molecule has 0 saturated heterocycles. The summed E-state index contributed by atoms with van der Waals surface area (Å²) in [6.07, 6.45) is 48.1. The molecule has 0 aromatic heterocycles. The molecule has 0 N–H and O–H groups in total. The molecule has 0 fully saturated rings. The van der Waals surface area contributed by atoms with E-state index in [1.54, 1.807) is 0 Å². The van der Waals surface area contributed by atoms with Crippen molar-refractivity contribution in [2.24, 2.45) is 11.8 Å². The zero-order valence-electron chi connectivity index (χ0n) is 41.1. The van der Waals surface area contributed by atoms with E-state index in [1.807, 2.05) is 0 Å². The summed E-state index contributed by atoms with van der Waals surface area (Å²) in [5.41, 5.74) is 0. The SMILES string of the molecule is CCCCCCCCCCCCCCCCCCCC(=O)OC[C@H](COC(=O)CCCCCCCCCCCCCCC(C)C)OC(=O)CCCCCCCCC(C)CC. The van der Waals surface area contributed by atoms with Crippen LogP contribution in [0.1, 0.15) is 298 Å². The van der Waals surface area contributed by atoms with Gasteiger partial charge < -0.3 is 14.2 Å². The molecule has 0 rings (SSSR count). The van der Waals surface area contributed by atoms with Crippen molar-refractivity contribution in [2.45, 2.75) is 304 Å². The summed E-state index contributed by atoms with van der Waals surface area (Å²) >= 11 is 0. The molecule has 0 spiro atoms. The van der Waals surface area contributed by atoms with Crippen LogP contribution in [0.4, 0.5) is 0 Å². The molecule has 60 heavy (non-hydrogen) atoms. The van der Waals surface area contributed by atoms with Crippen molar-refractivity contribution in [3.63, 3.8) is 0 Å². The summed E-state index contributed by atoms with van der Waals surface area (Å²) < 4.78 is 16.8. The minimum absolute atomic E-state index is 0.0644. The average molecular weight is 849 g/mol. The first-order valence-electron chi connectivity index (χ1n) is 26.8. The number of ether oxygens (including phenoxy) is 3. The molecular formula is C54H104O6. The summed E-state index contributed by atoms with van der Waals surface area (Å²) in [4.78, 5) is 38.0. The Morgan fingerprint density at radius 1 is 0.350 bits per heavy atom. The third-order valence-electron chi connectivity index (χ3n) is 12.6. The first kappa shape index (κ1) is 58.4. The molecular weight excluding hydrogens is 745 g/mol. The third kappa shape index (κ3) is 45.9. The third-order valence-corrected chi connectivity index (χ3v) is 12.6. The van der Waals surface area contributed by atoms with Gasteiger partial charge in [-0.1, -0.05) is 259 Å². The lowest BCUT2D eigenvalue weighted by Crippen LogP contribution is -2.30. The Hall–Kier alpha value is -1.59. The van der Waals surface area contributed by atoms with Gasteiger partial charge in [0.1, 0.15) is 13.2 Å². The number of carbonyl (C=O) groups excluding carboxylic acids is 3. The Kier molecular flexibility index (Phi) is 45.7. The van der Waals surface area contributed by atoms with E-state index in [0.717, 1.165) is 69.6 Å². The summed E-state index contributed by atoms with van der Waals surface area (Å²) in [5.74, 6) is 0.794. The molecule has 6 nitrogen and oxygen atoms in total. The number of carbonyl (C=O) groups is 3. The molecule has 0 aliphatic rings. The van der Waals surface area contributed by atoms with E-state index in [9.17, 15) is 14.4 Å². The first-order valence-corrected chi connectivity index (χ1v) is 26.8. The van der Waals surface area contributed by atoms with Crippen LogP contribution in [0.2, 0.25) is 0 Å². The van der Waals surface area contributed by atoms with Crippen LogP contribution in [0.3, 0.4) is 0 Å². The molecule has 0 amide bonds. The minimum atomic E-state index is -0.762. The molecule has 1 unspecified atom stereocenters. The van der Waals surface area contributed by atoms with E-state index in [2.05, 4.69) is 34.6 Å². The van der Waals surface area contributed by atoms with Gasteiger partial charge in [-0.05, 0) is 31.1 Å². The van der Waals surface area contributed by atoms with Crippen LogP contribution in [0.15, 0.2) is 0 Å². The number of rotatable bonds is 48. The molecule has 0 bridgehead atoms. The highest BCUT2D eigenvalue weighted by Gasteiger charge is 2.19. The van der Waals surface area contributed by atoms with Gasteiger partial charge >= 0.3 is 17.9 Å². The number of unbranched alkanes of at least 4 members (excludes halogenated alkanes) is 32. The second kappa shape index (κ2) is 46.9. The van der Waals surface area contributed by atoms with Gasteiger partial charge in [0.15, 0.2) is 6.10 Å². The predicted molar refractivity (Wildman–Crippen MR) is 256 cm³/mol. The highest BCUT2D eigenvalue weighted by atomic mass is 16.6. The minimum Gasteiger partial charge on any atom is -0.462 e. The van der Waals surface area contributed by atoms with Crippen LogP contribution < -0.4 is 0 Å². The van der Waals surface area contributed by atoms with E-state index >= 15 is 0 Å². The van der Waals surface area contributed by atoms with Crippen molar-refractivity contribution in [2.75, 3.05) is 13.2 Å². The second-order valence-electron chi connectivity index (χ2n) is 19.2. The predicted octanol–water partition coefficient (Wildman–Crippen LogP) is 17.3. The van der Waals surface area contributed by atoms with Gasteiger partial charge in [-0.2, -0.15) is 0 Å². The van der Waals surface area contributed by atoms with Crippen molar-refractivity contribution in [3.05, 3.63) is 0 Å². The fraction of sp³-hybridized carbons (Fsp3) is 0.944. The summed E-state index contributed by atoms with van der Waals surface area (Å²) in [6.45, 7) is 11.4. The average Bonchev–Trinajstić information content (AvgIpc) is 3.23. The fourth-order valence-corrected chi connectivity index (χ4v) is 8.13.